The minimum Gasteiger partial charge on any atom is -0.366 e. The van der Waals surface area contributed by atoms with Gasteiger partial charge in [0.25, 0.3) is 0 Å². The standard InChI is InChI=1S/C22H27N3O2/c1-21(2)14-22(21,17-7-5-4-6-8-17)15-25(3)13-19(26)24-18-11-9-16(10-12-18)20(23)27/h4-12H,13-15H2,1-3H3,(H2,23,27)(H,24,26). The van der Waals surface area contributed by atoms with Crippen molar-refractivity contribution in [1.29, 1.82) is 0 Å². The van der Waals surface area contributed by atoms with E-state index in [1.807, 2.05) is 13.1 Å². The van der Waals surface area contributed by atoms with E-state index in [1.54, 1.807) is 24.3 Å². The van der Waals surface area contributed by atoms with Crippen LogP contribution in [0.2, 0.25) is 0 Å². The summed E-state index contributed by atoms with van der Waals surface area (Å²) in [5.41, 5.74) is 7.96. The van der Waals surface area contributed by atoms with Crippen molar-refractivity contribution in [2.75, 3.05) is 25.5 Å². The predicted octanol–water partition coefficient (Wildman–Crippen LogP) is 3.02. The molecule has 5 heteroatoms. The molecule has 2 amide bonds. The summed E-state index contributed by atoms with van der Waals surface area (Å²) in [6.45, 7) is 5.71. The van der Waals surface area contributed by atoms with Crippen molar-refractivity contribution in [1.82, 2.24) is 4.90 Å². The molecule has 0 aromatic heterocycles. The molecule has 2 aromatic carbocycles. The molecule has 3 rings (SSSR count). The Bertz CT molecular complexity index is 830. The maximum absolute atomic E-state index is 12.4. The third-order valence-corrected chi connectivity index (χ3v) is 5.65. The van der Waals surface area contributed by atoms with E-state index in [4.69, 9.17) is 5.73 Å². The number of hydrogen-bond acceptors (Lipinski definition) is 3. The van der Waals surface area contributed by atoms with Gasteiger partial charge in [-0.25, -0.2) is 0 Å². The van der Waals surface area contributed by atoms with Crippen LogP contribution in [0.15, 0.2) is 54.6 Å². The average molecular weight is 365 g/mol. The van der Waals surface area contributed by atoms with Crippen molar-refractivity contribution in [3.63, 3.8) is 0 Å². The highest BCUT2D eigenvalue weighted by atomic mass is 16.2. The van der Waals surface area contributed by atoms with Gasteiger partial charge < -0.3 is 11.1 Å². The highest BCUT2D eigenvalue weighted by Crippen LogP contribution is 2.64. The minimum absolute atomic E-state index is 0.0778. The van der Waals surface area contributed by atoms with E-state index in [0.717, 1.165) is 13.0 Å². The zero-order valence-electron chi connectivity index (χ0n) is 16.2. The lowest BCUT2D eigenvalue weighted by Gasteiger charge is -2.27. The van der Waals surface area contributed by atoms with Crippen molar-refractivity contribution in [2.45, 2.75) is 25.7 Å². The number of anilines is 1. The summed E-state index contributed by atoms with van der Waals surface area (Å²) in [6.07, 6.45) is 1.12. The molecule has 3 N–H and O–H groups in total. The highest BCUT2D eigenvalue weighted by Gasteiger charge is 2.61. The van der Waals surface area contributed by atoms with Crippen LogP contribution in [-0.2, 0) is 10.2 Å². The number of amides is 2. The van der Waals surface area contributed by atoms with Crippen molar-refractivity contribution < 1.29 is 9.59 Å². The Morgan fingerprint density at radius 3 is 2.19 bits per heavy atom. The maximum atomic E-state index is 12.4. The SMILES string of the molecule is CN(CC(=O)Nc1ccc(C(N)=O)cc1)CC1(c2ccccc2)CC1(C)C. The molecule has 142 valence electrons. The van der Waals surface area contributed by atoms with Crippen molar-refractivity contribution in [2.24, 2.45) is 11.1 Å². The Morgan fingerprint density at radius 2 is 1.67 bits per heavy atom. The highest BCUT2D eigenvalue weighted by molar-refractivity contribution is 5.95. The van der Waals surface area contributed by atoms with Gasteiger partial charge in [0.2, 0.25) is 11.8 Å². The molecule has 2 aromatic rings. The van der Waals surface area contributed by atoms with Crippen molar-refractivity contribution in [3.8, 4) is 0 Å². The number of nitrogens with two attached hydrogens (primary N) is 1. The number of benzene rings is 2. The largest absolute Gasteiger partial charge is 0.366 e. The van der Waals surface area contributed by atoms with Crippen LogP contribution >= 0.6 is 0 Å². The summed E-state index contributed by atoms with van der Waals surface area (Å²) >= 11 is 0. The Morgan fingerprint density at radius 1 is 1.07 bits per heavy atom. The van der Waals surface area contributed by atoms with E-state index in [9.17, 15) is 9.59 Å². The smallest absolute Gasteiger partial charge is 0.248 e. The molecule has 27 heavy (non-hydrogen) atoms. The van der Waals surface area contributed by atoms with Crippen LogP contribution in [-0.4, -0.2) is 36.9 Å². The number of carbonyl (C=O) groups excluding carboxylic acids is 2. The van der Waals surface area contributed by atoms with Gasteiger partial charge in [0.05, 0.1) is 6.54 Å². The number of nitrogens with one attached hydrogen (secondary N) is 1. The van der Waals surface area contributed by atoms with E-state index in [1.165, 1.54) is 5.56 Å². The Balaban J connectivity index is 1.60. The van der Waals surface area contributed by atoms with Gasteiger partial charge in [0, 0.05) is 23.2 Å². The van der Waals surface area contributed by atoms with Crippen molar-refractivity contribution in [3.05, 3.63) is 65.7 Å². The second-order valence-corrected chi connectivity index (χ2v) is 8.17. The van der Waals surface area contributed by atoms with Gasteiger partial charge in [-0.3, -0.25) is 14.5 Å². The summed E-state index contributed by atoms with van der Waals surface area (Å²) in [4.78, 5) is 25.6. The monoisotopic (exact) mass is 365 g/mol. The molecule has 0 heterocycles. The van der Waals surface area contributed by atoms with E-state index in [-0.39, 0.29) is 16.7 Å². The van der Waals surface area contributed by atoms with Crippen molar-refractivity contribution >= 4 is 17.5 Å². The first-order valence-corrected chi connectivity index (χ1v) is 9.17. The zero-order chi connectivity index (χ0) is 19.7. The molecule has 0 radical (unpaired) electrons. The summed E-state index contributed by atoms with van der Waals surface area (Å²) in [7, 11) is 1.98. The van der Waals surface area contributed by atoms with Gasteiger partial charge in [-0.2, -0.15) is 0 Å². The molecule has 1 aliphatic rings. The lowest BCUT2D eigenvalue weighted by molar-refractivity contribution is -0.117. The van der Waals surface area contributed by atoms with E-state index < -0.39 is 5.91 Å². The van der Waals surface area contributed by atoms with Gasteiger partial charge in [0.1, 0.15) is 0 Å². The van der Waals surface area contributed by atoms with Gasteiger partial charge in [-0.1, -0.05) is 44.2 Å². The Kier molecular flexibility index (Phi) is 5.07. The van der Waals surface area contributed by atoms with Crippen LogP contribution in [0.3, 0.4) is 0 Å². The molecule has 1 unspecified atom stereocenters. The van der Waals surface area contributed by atoms with Gasteiger partial charge in [-0.05, 0) is 48.7 Å². The molecule has 1 aliphatic carbocycles. The third kappa shape index (κ3) is 4.03. The molecule has 0 saturated heterocycles. The second kappa shape index (κ2) is 7.16. The molecular weight excluding hydrogens is 338 g/mol. The first-order chi connectivity index (χ1) is 12.7. The number of likely N-dealkylation sites (N-methyl/N-ethyl adjacent to an activating group) is 1. The summed E-state index contributed by atoms with van der Waals surface area (Å²) in [5.74, 6) is -0.558. The first kappa shape index (κ1) is 19.1. The Hall–Kier alpha value is -2.66. The van der Waals surface area contributed by atoms with Gasteiger partial charge >= 0.3 is 0 Å². The number of nitrogens with zero attached hydrogens (tertiary/aromatic N) is 1. The molecule has 0 spiro atoms. The molecular formula is C22H27N3O2. The minimum atomic E-state index is -0.481. The van der Waals surface area contributed by atoms with E-state index >= 15 is 0 Å². The van der Waals surface area contributed by atoms with E-state index in [0.29, 0.717) is 17.8 Å². The fraction of sp³-hybridized carbons (Fsp3) is 0.364. The quantitative estimate of drug-likeness (QED) is 0.792. The van der Waals surface area contributed by atoms with Gasteiger partial charge in [-0.15, -0.1) is 0 Å². The molecule has 1 saturated carbocycles. The number of hydrogen-bond donors (Lipinski definition) is 2. The summed E-state index contributed by atoms with van der Waals surface area (Å²) in [5, 5.41) is 2.87. The van der Waals surface area contributed by atoms with Crippen LogP contribution in [0.25, 0.3) is 0 Å². The third-order valence-electron chi connectivity index (χ3n) is 5.65. The van der Waals surface area contributed by atoms with E-state index in [2.05, 4.69) is 48.3 Å². The van der Waals surface area contributed by atoms with Crippen LogP contribution in [0.1, 0.15) is 36.2 Å². The molecule has 5 nitrogen and oxygen atoms in total. The average Bonchev–Trinajstić information content (AvgIpc) is 3.17. The maximum Gasteiger partial charge on any atom is 0.248 e. The van der Waals surface area contributed by atoms with Crippen LogP contribution in [0.5, 0.6) is 0 Å². The van der Waals surface area contributed by atoms with Crippen LogP contribution in [0.4, 0.5) is 5.69 Å². The normalized spacial score (nSPS) is 20.3. The topological polar surface area (TPSA) is 75.4 Å². The Labute approximate surface area is 160 Å². The predicted molar refractivity (Wildman–Crippen MR) is 108 cm³/mol. The molecule has 0 bridgehead atoms. The number of rotatable bonds is 7. The second-order valence-electron chi connectivity index (χ2n) is 8.17. The number of carbonyl (C=O) groups is 2. The zero-order valence-corrected chi connectivity index (χ0v) is 16.2. The first-order valence-electron chi connectivity index (χ1n) is 9.17. The fourth-order valence-electron chi connectivity index (χ4n) is 4.00. The summed E-state index contributed by atoms with van der Waals surface area (Å²) in [6, 6.07) is 17.2. The van der Waals surface area contributed by atoms with Gasteiger partial charge in [0.15, 0.2) is 0 Å². The lowest BCUT2D eigenvalue weighted by Crippen LogP contribution is -2.37. The van der Waals surface area contributed by atoms with Crippen LogP contribution < -0.4 is 11.1 Å². The van der Waals surface area contributed by atoms with Crippen LogP contribution in [0, 0.1) is 5.41 Å². The lowest BCUT2D eigenvalue weighted by atomic mass is 9.87. The summed E-state index contributed by atoms with van der Waals surface area (Å²) < 4.78 is 0. The molecule has 1 atom stereocenters. The molecule has 0 aliphatic heterocycles. The fourth-order valence-corrected chi connectivity index (χ4v) is 4.00. The molecule has 1 fully saturated rings. The number of primary amides is 1.